The van der Waals surface area contributed by atoms with Crippen molar-refractivity contribution in [2.45, 2.75) is 10.5 Å². The Balaban J connectivity index is 1.31. The van der Waals surface area contributed by atoms with Crippen LogP contribution in [0.15, 0.2) is 77.1 Å². The summed E-state index contributed by atoms with van der Waals surface area (Å²) in [5.74, 6) is -1.40. The van der Waals surface area contributed by atoms with Gasteiger partial charge in [-0.1, -0.05) is 77.2 Å². The largest absolute Gasteiger partial charge is 0.416 e. The first-order chi connectivity index (χ1) is 18.1. The average Bonchev–Trinajstić information content (AvgIpc) is 3.35. The molecule has 194 valence electrons. The maximum atomic E-state index is 12.9. The molecule has 4 aromatic rings. The third-order valence-electron chi connectivity index (χ3n) is 4.97. The molecule has 0 aliphatic carbocycles. The number of alkyl halides is 3. The van der Waals surface area contributed by atoms with Crippen molar-refractivity contribution >= 4 is 63.1 Å². The zero-order valence-corrected chi connectivity index (χ0v) is 21.5. The minimum Gasteiger partial charge on any atom is -0.324 e. The Kier molecular flexibility index (Phi) is 8.45. The number of carbonyl (C=O) groups excluding carboxylic acids is 3. The molecule has 3 aromatic carbocycles. The molecule has 2 N–H and O–H groups in total. The molecule has 38 heavy (non-hydrogen) atoms. The van der Waals surface area contributed by atoms with Crippen LogP contribution in [-0.2, 0) is 11.0 Å². The number of rotatable bonds is 8. The highest BCUT2D eigenvalue weighted by Gasteiger charge is 2.31. The van der Waals surface area contributed by atoms with Gasteiger partial charge in [0.05, 0.1) is 22.0 Å². The number of ketones is 1. The summed E-state index contributed by atoms with van der Waals surface area (Å²) < 4.78 is 39.1. The highest BCUT2D eigenvalue weighted by molar-refractivity contribution is 8.01. The van der Waals surface area contributed by atoms with E-state index in [0.29, 0.717) is 21.0 Å². The maximum Gasteiger partial charge on any atom is 0.416 e. The number of carbonyl (C=O) groups is 3. The Morgan fingerprint density at radius 1 is 0.868 bits per heavy atom. The van der Waals surface area contributed by atoms with Gasteiger partial charge in [-0.2, -0.15) is 13.2 Å². The van der Waals surface area contributed by atoms with Crippen molar-refractivity contribution in [1.29, 1.82) is 0 Å². The van der Waals surface area contributed by atoms with Crippen LogP contribution < -0.4 is 10.6 Å². The third kappa shape index (κ3) is 6.97. The summed E-state index contributed by atoms with van der Waals surface area (Å²) in [5, 5.41) is 12.9. The number of hydrogen-bond acceptors (Lipinski definition) is 7. The molecule has 4 rings (SSSR count). The van der Waals surface area contributed by atoms with Crippen LogP contribution in [0.2, 0.25) is 5.02 Å². The molecule has 0 saturated heterocycles. The van der Waals surface area contributed by atoms with Gasteiger partial charge >= 0.3 is 6.18 Å². The topological polar surface area (TPSA) is 101 Å². The molecule has 0 aliphatic rings. The van der Waals surface area contributed by atoms with Gasteiger partial charge in [-0.3, -0.25) is 19.7 Å². The van der Waals surface area contributed by atoms with Gasteiger partial charge in [0.1, 0.15) is 0 Å². The first-order valence-electron chi connectivity index (χ1n) is 10.7. The zero-order chi connectivity index (χ0) is 27.3. The summed E-state index contributed by atoms with van der Waals surface area (Å²) in [6.07, 6.45) is -4.58. The van der Waals surface area contributed by atoms with E-state index in [1.807, 2.05) is 6.07 Å². The lowest BCUT2D eigenvalue weighted by Gasteiger charge is -2.11. The van der Waals surface area contributed by atoms with E-state index in [1.165, 1.54) is 12.1 Å². The molecular formula is C25H16ClF3N4O3S2. The van der Waals surface area contributed by atoms with Gasteiger partial charge in [0, 0.05) is 16.7 Å². The van der Waals surface area contributed by atoms with Gasteiger partial charge in [0.2, 0.25) is 11.0 Å². The molecular weight excluding hydrogens is 561 g/mol. The molecule has 1 aromatic heterocycles. The van der Waals surface area contributed by atoms with E-state index < -0.39 is 23.6 Å². The predicted molar refractivity (Wildman–Crippen MR) is 140 cm³/mol. The summed E-state index contributed by atoms with van der Waals surface area (Å²) >= 11 is 7.90. The lowest BCUT2D eigenvalue weighted by Crippen LogP contribution is -2.15. The molecule has 0 atom stereocenters. The summed E-state index contributed by atoms with van der Waals surface area (Å²) in [5.41, 5.74) is 0.180. The Hall–Kier alpha value is -3.74. The lowest BCUT2D eigenvalue weighted by molar-refractivity contribution is -0.137. The first kappa shape index (κ1) is 27.3. The van der Waals surface area contributed by atoms with Crippen LogP contribution in [0, 0.1) is 0 Å². The van der Waals surface area contributed by atoms with Gasteiger partial charge in [0.15, 0.2) is 10.1 Å². The predicted octanol–water partition coefficient (Wildman–Crippen LogP) is 6.42. The van der Waals surface area contributed by atoms with Gasteiger partial charge in [0.25, 0.3) is 5.91 Å². The second-order valence-corrected chi connectivity index (χ2v) is 10.2. The fourth-order valence-corrected chi connectivity index (χ4v) is 4.84. The van der Waals surface area contributed by atoms with Crippen LogP contribution in [0.5, 0.6) is 0 Å². The lowest BCUT2D eigenvalue weighted by atomic mass is 10.0. The Bertz CT molecular complexity index is 1480. The minimum absolute atomic E-state index is 0.0327. The van der Waals surface area contributed by atoms with Crippen molar-refractivity contribution in [3.63, 3.8) is 0 Å². The summed E-state index contributed by atoms with van der Waals surface area (Å²) in [7, 11) is 0. The molecule has 0 aliphatic heterocycles. The highest BCUT2D eigenvalue weighted by Crippen LogP contribution is 2.34. The molecule has 0 unspecified atom stereocenters. The van der Waals surface area contributed by atoms with E-state index in [9.17, 15) is 27.6 Å². The SMILES string of the molecule is O=C(CSc1nnc(NC(=O)c2ccc(C(=O)c3ccccc3)cc2)s1)Nc1cc(C(F)(F)F)ccc1Cl. The van der Waals surface area contributed by atoms with Crippen molar-refractivity contribution < 1.29 is 27.6 Å². The number of halogens is 4. The minimum atomic E-state index is -4.58. The molecule has 0 spiro atoms. The molecule has 2 amide bonds. The summed E-state index contributed by atoms with van der Waals surface area (Å²) in [6.45, 7) is 0. The number of nitrogens with one attached hydrogen (secondary N) is 2. The zero-order valence-electron chi connectivity index (χ0n) is 19.1. The van der Waals surface area contributed by atoms with E-state index in [-0.39, 0.29) is 27.4 Å². The Morgan fingerprint density at radius 3 is 2.21 bits per heavy atom. The van der Waals surface area contributed by atoms with Crippen molar-refractivity contribution in [3.8, 4) is 0 Å². The second kappa shape index (κ2) is 11.8. The number of aromatic nitrogens is 2. The van der Waals surface area contributed by atoms with Crippen molar-refractivity contribution in [3.05, 3.63) is 100 Å². The summed E-state index contributed by atoms with van der Waals surface area (Å²) in [6, 6.07) is 17.5. The maximum absolute atomic E-state index is 12.9. The molecule has 13 heteroatoms. The Labute approximate surface area is 227 Å². The first-order valence-corrected chi connectivity index (χ1v) is 12.9. The van der Waals surface area contributed by atoms with E-state index in [0.717, 1.165) is 41.3 Å². The van der Waals surface area contributed by atoms with Gasteiger partial charge in [-0.15, -0.1) is 10.2 Å². The van der Waals surface area contributed by atoms with Crippen molar-refractivity contribution in [2.24, 2.45) is 0 Å². The van der Waals surface area contributed by atoms with E-state index in [1.54, 1.807) is 36.4 Å². The number of hydrogen-bond donors (Lipinski definition) is 2. The number of anilines is 2. The smallest absolute Gasteiger partial charge is 0.324 e. The van der Waals surface area contributed by atoms with Crippen LogP contribution in [0.25, 0.3) is 0 Å². The second-order valence-electron chi connectivity index (χ2n) is 7.63. The highest BCUT2D eigenvalue weighted by atomic mass is 35.5. The molecule has 1 heterocycles. The van der Waals surface area contributed by atoms with Crippen LogP contribution in [-0.4, -0.2) is 33.5 Å². The van der Waals surface area contributed by atoms with E-state index in [4.69, 9.17) is 11.6 Å². The molecule has 0 radical (unpaired) electrons. The number of nitrogens with zero attached hydrogens (tertiary/aromatic N) is 2. The quantitative estimate of drug-likeness (QED) is 0.142. The fraction of sp³-hybridized carbons (Fsp3) is 0.0800. The van der Waals surface area contributed by atoms with Crippen LogP contribution >= 0.6 is 34.7 Å². The molecule has 7 nitrogen and oxygen atoms in total. The van der Waals surface area contributed by atoms with Crippen LogP contribution in [0.4, 0.5) is 24.0 Å². The van der Waals surface area contributed by atoms with Crippen molar-refractivity contribution in [2.75, 3.05) is 16.4 Å². The normalized spacial score (nSPS) is 11.2. The monoisotopic (exact) mass is 576 g/mol. The molecule has 0 fully saturated rings. The van der Waals surface area contributed by atoms with E-state index in [2.05, 4.69) is 20.8 Å². The number of benzene rings is 3. The fourth-order valence-electron chi connectivity index (χ4n) is 3.13. The van der Waals surface area contributed by atoms with Crippen molar-refractivity contribution in [1.82, 2.24) is 10.2 Å². The molecule has 0 bridgehead atoms. The molecule has 0 saturated carbocycles. The van der Waals surface area contributed by atoms with Crippen LogP contribution in [0.1, 0.15) is 31.8 Å². The standard InChI is InChI=1S/C25H16ClF3N4O3S2/c26-18-11-10-17(25(27,28)29)12-19(18)30-20(34)13-37-24-33-32-23(38-24)31-22(36)16-8-6-15(7-9-16)21(35)14-4-2-1-3-5-14/h1-12H,13H2,(H,30,34)(H,31,32,36). The van der Waals surface area contributed by atoms with Crippen LogP contribution in [0.3, 0.4) is 0 Å². The van der Waals surface area contributed by atoms with Gasteiger partial charge < -0.3 is 5.32 Å². The average molecular weight is 577 g/mol. The number of amides is 2. The van der Waals surface area contributed by atoms with Gasteiger partial charge in [-0.05, 0) is 30.3 Å². The van der Waals surface area contributed by atoms with Gasteiger partial charge in [-0.25, -0.2) is 0 Å². The third-order valence-corrected chi connectivity index (χ3v) is 7.27. The summed E-state index contributed by atoms with van der Waals surface area (Å²) in [4.78, 5) is 37.3. The van der Waals surface area contributed by atoms with E-state index >= 15 is 0 Å². The Morgan fingerprint density at radius 2 is 1.53 bits per heavy atom. The number of thioether (sulfide) groups is 1.